The Labute approximate surface area is 197 Å². The summed E-state index contributed by atoms with van der Waals surface area (Å²) in [5, 5.41) is 5.39. The second-order valence-electron chi connectivity index (χ2n) is 9.17. The molecule has 2 aliphatic carbocycles. The molecule has 34 heavy (non-hydrogen) atoms. The van der Waals surface area contributed by atoms with Crippen molar-refractivity contribution in [1.29, 1.82) is 0 Å². The number of carbonyl (C=O) groups excluding carboxylic acids is 3. The van der Waals surface area contributed by atoms with Gasteiger partial charge in [-0.2, -0.15) is 10.1 Å². The van der Waals surface area contributed by atoms with Gasteiger partial charge in [0.05, 0.1) is 25.2 Å². The molecule has 5 rings (SSSR count). The predicted octanol–water partition coefficient (Wildman–Crippen LogP) is 3.18. The Kier molecular flexibility index (Phi) is 5.38. The normalized spacial score (nSPS) is 25.9. The molecule has 3 aliphatic rings. The fraction of sp³-hybridized carbons (Fsp3) is 0.385. The van der Waals surface area contributed by atoms with E-state index in [1.165, 1.54) is 7.11 Å². The lowest BCUT2D eigenvalue weighted by atomic mass is 9.85. The Morgan fingerprint density at radius 3 is 2.29 bits per heavy atom. The summed E-state index contributed by atoms with van der Waals surface area (Å²) in [6.07, 6.45) is 5.95. The number of rotatable bonds is 6. The minimum Gasteiger partial charge on any atom is -0.479 e. The van der Waals surface area contributed by atoms with Crippen LogP contribution in [0.5, 0.6) is 5.75 Å². The Morgan fingerprint density at radius 2 is 1.71 bits per heavy atom. The van der Waals surface area contributed by atoms with Gasteiger partial charge >= 0.3 is 5.97 Å². The lowest BCUT2D eigenvalue weighted by Crippen LogP contribution is -2.28. The molecule has 1 saturated heterocycles. The highest BCUT2D eigenvalue weighted by Crippen LogP contribution is 2.52. The molecule has 1 saturated carbocycles. The van der Waals surface area contributed by atoms with Crippen molar-refractivity contribution in [2.75, 3.05) is 7.11 Å². The van der Waals surface area contributed by atoms with E-state index in [0.29, 0.717) is 5.75 Å². The minimum absolute atomic E-state index is 0.166. The van der Waals surface area contributed by atoms with Gasteiger partial charge < -0.3 is 14.0 Å². The molecule has 2 bridgehead atoms. The van der Waals surface area contributed by atoms with Crippen LogP contribution >= 0.6 is 0 Å². The molecule has 0 spiro atoms. The average molecular weight is 462 g/mol. The molecule has 8 nitrogen and oxygen atoms in total. The summed E-state index contributed by atoms with van der Waals surface area (Å²) in [5.41, 5.74) is 3.65. The largest absolute Gasteiger partial charge is 0.479 e. The number of imide groups is 1. The van der Waals surface area contributed by atoms with Crippen LogP contribution in [0.4, 0.5) is 0 Å². The van der Waals surface area contributed by atoms with E-state index in [0.717, 1.165) is 34.1 Å². The van der Waals surface area contributed by atoms with E-state index in [9.17, 15) is 14.4 Å². The van der Waals surface area contributed by atoms with Gasteiger partial charge in [-0.1, -0.05) is 12.2 Å². The second-order valence-corrected chi connectivity index (χ2v) is 9.17. The van der Waals surface area contributed by atoms with Crippen molar-refractivity contribution in [3.8, 4) is 11.4 Å². The number of esters is 1. The SMILES string of the molecule is COC(=O)[C@@H](C)Oc1ccc(-n2c(C)cc(C=NN3C(=O)[C@@H]4[C@H](C3=O)[C@H]3C=C[C@H]4C3)c2C)cc1. The number of ether oxygens (including phenoxy) is 2. The molecule has 2 fully saturated rings. The van der Waals surface area contributed by atoms with Crippen molar-refractivity contribution >= 4 is 24.0 Å². The summed E-state index contributed by atoms with van der Waals surface area (Å²) in [6.45, 7) is 5.58. The highest BCUT2D eigenvalue weighted by atomic mass is 16.6. The summed E-state index contributed by atoms with van der Waals surface area (Å²) in [4.78, 5) is 37.3. The maximum atomic E-state index is 12.9. The Bertz CT molecular complexity index is 1200. The monoisotopic (exact) mass is 461 g/mol. The number of hydrogen-bond acceptors (Lipinski definition) is 6. The first kappa shape index (κ1) is 22.1. The van der Waals surface area contributed by atoms with Crippen molar-refractivity contribution in [2.45, 2.75) is 33.3 Å². The van der Waals surface area contributed by atoms with Gasteiger partial charge in [0.25, 0.3) is 11.8 Å². The second kappa shape index (κ2) is 8.27. The van der Waals surface area contributed by atoms with Crippen molar-refractivity contribution in [3.05, 3.63) is 59.4 Å². The van der Waals surface area contributed by atoms with Gasteiger partial charge in [-0.25, -0.2) is 4.79 Å². The summed E-state index contributed by atoms with van der Waals surface area (Å²) in [5.74, 6) is -0.427. The fourth-order valence-electron chi connectivity index (χ4n) is 5.53. The number of hydrazone groups is 1. The number of aryl methyl sites for hydroxylation is 1. The predicted molar refractivity (Wildman–Crippen MR) is 125 cm³/mol. The Hall–Kier alpha value is -3.68. The van der Waals surface area contributed by atoms with Crippen molar-refractivity contribution in [1.82, 2.24) is 9.58 Å². The van der Waals surface area contributed by atoms with E-state index in [1.54, 1.807) is 25.3 Å². The third-order valence-electron chi connectivity index (χ3n) is 7.17. The fourth-order valence-corrected chi connectivity index (χ4v) is 5.53. The van der Waals surface area contributed by atoms with Crippen LogP contribution in [0, 0.1) is 37.5 Å². The van der Waals surface area contributed by atoms with Gasteiger partial charge in [-0.3, -0.25) is 9.59 Å². The molecule has 2 aromatic rings. The van der Waals surface area contributed by atoms with Crippen LogP contribution in [0.3, 0.4) is 0 Å². The summed E-state index contributed by atoms with van der Waals surface area (Å²) in [6, 6.07) is 9.36. The standard InChI is InChI=1S/C26H27N3O5/c1-14-11-19(13-27-29-24(30)22-17-5-6-18(12-17)23(22)25(29)31)15(2)28(14)20-7-9-21(10-8-20)34-16(3)26(32)33-4/h5-11,13,16-18,22-23H,12H2,1-4H3/t16-,17+,18+,22-,23+/m1/s1. The number of amides is 2. The highest BCUT2D eigenvalue weighted by Gasteiger charge is 2.59. The zero-order valence-corrected chi connectivity index (χ0v) is 19.6. The maximum absolute atomic E-state index is 12.9. The van der Waals surface area contributed by atoms with Crippen molar-refractivity contribution in [3.63, 3.8) is 0 Å². The number of fused-ring (bicyclic) bond motifs is 5. The lowest BCUT2D eigenvalue weighted by Gasteiger charge is -2.14. The number of benzene rings is 1. The molecule has 1 aliphatic heterocycles. The maximum Gasteiger partial charge on any atom is 0.346 e. The van der Waals surface area contributed by atoms with Gasteiger partial charge in [-0.15, -0.1) is 0 Å². The highest BCUT2D eigenvalue weighted by molar-refractivity contribution is 6.06. The summed E-state index contributed by atoms with van der Waals surface area (Å²) in [7, 11) is 1.33. The molecule has 1 aromatic heterocycles. The number of nitrogens with zero attached hydrogens (tertiary/aromatic N) is 3. The third-order valence-corrected chi connectivity index (χ3v) is 7.17. The average Bonchev–Trinajstić information content (AvgIpc) is 3.56. The van der Waals surface area contributed by atoms with Gasteiger partial charge in [0.2, 0.25) is 0 Å². The number of carbonyl (C=O) groups is 3. The molecule has 0 unspecified atom stereocenters. The number of allylic oxidation sites excluding steroid dienone is 2. The molecule has 0 radical (unpaired) electrons. The number of aromatic nitrogens is 1. The van der Waals surface area contributed by atoms with Crippen LogP contribution in [0.25, 0.3) is 5.69 Å². The van der Waals surface area contributed by atoms with Gasteiger partial charge in [0.15, 0.2) is 6.10 Å². The van der Waals surface area contributed by atoms with Crippen LogP contribution in [0.15, 0.2) is 47.6 Å². The van der Waals surface area contributed by atoms with Crippen LogP contribution in [-0.2, 0) is 19.1 Å². The molecular weight excluding hydrogens is 434 g/mol. The van der Waals surface area contributed by atoms with E-state index >= 15 is 0 Å². The van der Waals surface area contributed by atoms with Crippen LogP contribution in [0.1, 0.15) is 30.3 Å². The molecule has 2 heterocycles. The van der Waals surface area contributed by atoms with Gasteiger partial charge in [0.1, 0.15) is 5.75 Å². The smallest absolute Gasteiger partial charge is 0.346 e. The van der Waals surface area contributed by atoms with E-state index in [4.69, 9.17) is 9.47 Å². The first-order valence-corrected chi connectivity index (χ1v) is 11.4. The van der Waals surface area contributed by atoms with E-state index < -0.39 is 12.1 Å². The number of hydrogen-bond donors (Lipinski definition) is 0. The molecule has 0 N–H and O–H groups in total. The van der Waals surface area contributed by atoms with E-state index in [1.807, 2.05) is 32.0 Å². The summed E-state index contributed by atoms with van der Waals surface area (Å²) >= 11 is 0. The molecule has 176 valence electrons. The van der Waals surface area contributed by atoms with Gasteiger partial charge in [0, 0.05) is 22.6 Å². The molecular formula is C26H27N3O5. The molecule has 2 amide bonds. The molecule has 1 aromatic carbocycles. The number of methoxy groups -OCH3 is 1. The first-order chi connectivity index (χ1) is 16.3. The van der Waals surface area contributed by atoms with E-state index in [2.05, 4.69) is 21.8 Å². The van der Waals surface area contributed by atoms with Crippen LogP contribution < -0.4 is 4.74 Å². The van der Waals surface area contributed by atoms with Crippen LogP contribution in [0.2, 0.25) is 0 Å². The van der Waals surface area contributed by atoms with Crippen LogP contribution in [-0.4, -0.2) is 46.8 Å². The zero-order valence-electron chi connectivity index (χ0n) is 19.6. The zero-order chi connectivity index (χ0) is 24.1. The molecule has 8 heteroatoms. The molecule has 5 atom stereocenters. The lowest BCUT2D eigenvalue weighted by molar-refractivity contribution is -0.148. The van der Waals surface area contributed by atoms with Crippen molar-refractivity contribution < 1.29 is 23.9 Å². The quantitative estimate of drug-likeness (QED) is 0.285. The first-order valence-electron chi connectivity index (χ1n) is 11.4. The van der Waals surface area contributed by atoms with Crippen molar-refractivity contribution in [2.24, 2.45) is 28.8 Å². The summed E-state index contributed by atoms with van der Waals surface area (Å²) < 4.78 is 12.4. The Balaban J connectivity index is 1.34. The Morgan fingerprint density at radius 1 is 1.09 bits per heavy atom. The van der Waals surface area contributed by atoms with Gasteiger partial charge in [-0.05, 0) is 69.4 Å². The van der Waals surface area contributed by atoms with E-state index in [-0.39, 0.29) is 35.5 Å². The topological polar surface area (TPSA) is 90.2 Å². The third kappa shape index (κ3) is 3.45. The minimum atomic E-state index is -0.699.